The Morgan fingerprint density at radius 1 is 1.06 bits per heavy atom. The summed E-state index contributed by atoms with van der Waals surface area (Å²) in [5.74, 6) is -1.06. The summed E-state index contributed by atoms with van der Waals surface area (Å²) in [7, 11) is 0. The van der Waals surface area contributed by atoms with Crippen molar-refractivity contribution in [3.63, 3.8) is 0 Å². The van der Waals surface area contributed by atoms with Gasteiger partial charge in [-0.1, -0.05) is 30.0 Å². The monoisotopic (exact) mass is 463 g/mol. The summed E-state index contributed by atoms with van der Waals surface area (Å²) in [4.78, 5) is 17.9. The van der Waals surface area contributed by atoms with Crippen LogP contribution in [0.5, 0.6) is 0 Å². The smallest absolute Gasteiger partial charge is 0.234 e. The Morgan fingerprint density at radius 2 is 1.75 bits per heavy atom. The van der Waals surface area contributed by atoms with Crippen LogP contribution in [0.25, 0.3) is 21.7 Å². The number of carbonyl (C=O) groups is 1. The minimum atomic E-state index is -0.390. The zero-order chi connectivity index (χ0) is 22.5. The second-order valence-corrected chi connectivity index (χ2v) is 8.59. The molecular formula is C24H15F2N3OS2. The van der Waals surface area contributed by atoms with E-state index < -0.39 is 0 Å². The van der Waals surface area contributed by atoms with E-state index in [0.717, 1.165) is 16.6 Å². The Labute approximate surface area is 191 Å². The minimum Gasteiger partial charge on any atom is -0.325 e. The number of nitrogens with zero attached hydrogens (tertiary/aromatic N) is 2. The van der Waals surface area contributed by atoms with E-state index in [2.05, 4.69) is 16.4 Å². The van der Waals surface area contributed by atoms with Gasteiger partial charge in [-0.2, -0.15) is 5.26 Å². The zero-order valence-electron chi connectivity index (χ0n) is 16.5. The summed E-state index contributed by atoms with van der Waals surface area (Å²) in [6.07, 6.45) is 0. The molecule has 1 amide bonds. The van der Waals surface area contributed by atoms with Gasteiger partial charge in [-0.15, -0.1) is 11.3 Å². The van der Waals surface area contributed by atoms with Gasteiger partial charge in [0.2, 0.25) is 5.91 Å². The highest BCUT2D eigenvalue weighted by molar-refractivity contribution is 8.00. The summed E-state index contributed by atoms with van der Waals surface area (Å²) < 4.78 is 26.5. The standard InChI is InChI=1S/C24H15F2N3OS2/c25-16-5-3-15(4-6-16)19-12-21(22-2-1-11-31-22)29-24(20(19)13-27)32-14-23(30)28-18-9-7-17(26)8-10-18/h1-12H,14H2,(H,28,30). The molecule has 8 heteroatoms. The van der Waals surface area contributed by atoms with Crippen molar-refractivity contribution in [1.82, 2.24) is 4.98 Å². The molecule has 0 saturated carbocycles. The van der Waals surface area contributed by atoms with E-state index in [9.17, 15) is 18.8 Å². The molecule has 0 aliphatic rings. The maximum absolute atomic E-state index is 13.4. The van der Waals surface area contributed by atoms with Gasteiger partial charge in [0, 0.05) is 11.3 Å². The number of amides is 1. The Morgan fingerprint density at radius 3 is 2.38 bits per heavy atom. The molecule has 4 rings (SSSR count). The second-order valence-electron chi connectivity index (χ2n) is 6.67. The molecule has 0 aliphatic heterocycles. The molecule has 0 radical (unpaired) electrons. The highest BCUT2D eigenvalue weighted by Crippen LogP contribution is 2.35. The van der Waals surface area contributed by atoms with Crippen LogP contribution >= 0.6 is 23.1 Å². The number of hydrogen-bond donors (Lipinski definition) is 1. The zero-order valence-corrected chi connectivity index (χ0v) is 18.1. The topological polar surface area (TPSA) is 65.8 Å². The van der Waals surface area contributed by atoms with E-state index in [1.165, 1.54) is 47.7 Å². The SMILES string of the molecule is N#Cc1c(-c2ccc(F)cc2)cc(-c2cccs2)nc1SCC(=O)Nc1ccc(F)cc1. The van der Waals surface area contributed by atoms with Crippen molar-refractivity contribution in [2.24, 2.45) is 0 Å². The number of pyridine rings is 1. The first-order chi connectivity index (χ1) is 15.5. The van der Waals surface area contributed by atoms with Crippen molar-refractivity contribution in [2.75, 3.05) is 11.1 Å². The molecule has 4 nitrogen and oxygen atoms in total. The molecule has 1 N–H and O–H groups in total. The number of nitrogens with one attached hydrogen (secondary N) is 1. The number of aromatic nitrogens is 1. The van der Waals surface area contributed by atoms with E-state index in [1.54, 1.807) is 18.2 Å². The summed E-state index contributed by atoms with van der Waals surface area (Å²) >= 11 is 2.64. The number of carbonyl (C=O) groups excluding carboxylic acids is 1. The molecule has 0 atom stereocenters. The van der Waals surface area contributed by atoms with E-state index >= 15 is 0 Å². The van der Waals surface area contributed by atoms with Crippen LogP contribution in [0.2, 0.25) is 0 Å². The number of thioether (sulfide) groups is 1. The second kappa shape index (κ2) is 9.73. The minimum absolute atomic E-state index is 0.00973. The highest BCUT2D eigenvalue weighted by Gasteiger charge is 2.17. The molecule has 158 valence electrons. The average Bonchev–Trinajstić information content (AvgIpc) is 3.34. The summed E-state index contributed by atoms with van der Waals surface area (Å²) in [6, 6.07) is 19.2. The number of rotatable bonds is 6. The molecule has 2 heterocycles. The molecule has 0 aliphatic carbocycles. The van der Waals surface area contributed by atoms with E-state index in [0.29, 0.717) is 33.1 Å². The quantitative estimate of drug-likeness (QED) is 0.338. The Balaban J connectivity index is 1.65. The lowest BCUT2D eigenvalue weighted by Crippen LogP contribution is -2.14. The van der Waals surface area contributed by atoms with E-state index in [1.807, 2.05) is 17.5 Å². The van der Waals surface area contributed by atoms with Crippen LogP contribution < -0.4 is 5.32 Å². The van der Waals surface area contributed by atoms with E-state index in [-0.39, 0.29) is 23.3 Å². The maximum Gasteiger partial charge on any atom is 0.234 e. The molecule has 0 spiro atoms. The van der Waals surface area contributed by atoms with Gasteiger partial charge >= 0.3 is 0 Å². The van der Waals surface area contributed by atoms with Crippen molar-refractivity contribution < 1.29 is 13.6 Å². The van der Waals surface area contributed by atoms with Gasteiger partial charge in [0.15, 0.2) is 0 Å². The number of thiophene rings is 1. The Hall–Kier alpha value is -3.54. The van der Waals surface area contributed by atoms with Crippen molar-refractivity contribution in [3.05, 3.63) is 89.3 Å². The third-order valence-corrected chi connectivity index (χ3v) is 6.36. The van der Waals surface area contributed by atoms with Crippen molar-refractivity contribution in [1.29, 1.82) is 5.26 Å². The molecule has 2 aromatic carbocycles. The average molecular weight is 464 g/mol. The first-order valence-corrected chi connectivity index (χ1v) is 11.3. The third-order valence-electron chi connectivity index (χ3n) is 4.49. The van der Waals surface area contributed by atoms with Crippen LogP contribution in [0.4, 0.5) is 14.5 Å². The van der Waals surface area contributed by atoms with Crippen LogP contribution in [0, 0.1) is 23.0 Å². The van der Waals surface area contributed by atoms with E-state index in [4.69, 9.17) is 0 Å². The summed E-state index contributed by atoms with van der Waals surface area (Å²) in [6.45, 7) is 0. The third kappa shape index (κ3) is 5.02. The normalized spacial score (nSPS) is 10.5. The van der Waals surface area contributed by atoms with Crippen molar-refractivity contribution in [3.8, 4) is 27.8 Å². The fourth-order valence-electron chi connectivity index (χ4n) is 3.01. The molecule has 0 bridgehead atoms. The van der Waals surface area contributed by atoms with Gasteiger partial charge in [0.25, 0.3) is 0 Å². The highest BCUT2D eigenvalue weighted by atomic mass is 32.2. The summed E-state index contributed by atoms with van der Waals surface area (Å²) in [5, 5.41) is 14.9. The Bertz CT molecular complexity index is 1280. The molecule has 0 saturated heterocycles. The van der Waals surface area contributed by atoms with Gasteiger partial charge in [0.05, 0.1) is 21.9 Å². The fraction of sp³-hybridized carbons (Fsp3) is 0.0417. The van der Waals surface area contributed by atoms with Crippen LogP contribution in [-0.4, -0.2) is 16.6 Å². The van der Waals surface area contributed by atoms with Crippen LogP contribution in [0.15, 0.2) is 77.1 Å². The van der Waals surface area contributed by atoms with Gasteiger partial charge < -0.3 is 5.32 Å². The van der Waals surface area contributed by atoms with Crippen molar-refractivity contribution >= 4 is 34.7 Å². The number of benzene rings is 2. The predicted octanol–water partition coefficient (Wildman–Crippen LogP) is 6.36. The largest absolute Gasteiger partial charge is 0.325 e. The lowest BCUT2D eigenvalue weighted by Gasteiger charge is -2.12. The molecule has 4 aromatic rings. The number of hydrogen-bond acceptors (Lipinski definition) is 5. The predicted molar refractivity (Wildman–Crippen MR) is 123 cm³/mol. The van der Waals surface area contributed by atoms with Crippen molar-refractivity contribution in [2.45, 2.75) is 5.03 Å². The first-order valence-electron chi connectivity index (χ1n) is 9.46. The van der Waals surface area contributed by atoms with Crippen LogP contribution in [0.1, 0.15) is 5.56 Å². The fourth-order valence-corrected chi connectivity index (χ4v) is 4.50. The van der Waals surface area contributed by atoms with Gasteiger partial charge in [-0.05, 0) is 59.5 Å². The first kappa shape index (κ1) is 21.7. The van der Waals surface area contributed by atoms with Crippen LogP contribution in [-0.2, 0) is 4.79 Å². The molecule has 0 unspecified atom stereocenters. The van der Waals surface area contributed by atoms with Crippen LogP contribution in [0.3, 0.4) is 0 Å². The van der Waals surface area contributed by atoms with Gasteiger partial charge in [-0.25, -0.2) is 13.8 Å². The molecule has 2 aromatic heterocycles. The lowest BCUT2D eigenvalue weighted by molar-refractivity contribution is -0.113. The Kier molecular flexibility index (Phi) is 6.59. The maximum atomic E-state index is 13.4. The molecule has 32 heavy (non-hydrogen) atoms. The lowest BCUT2D eigenvalue weighted by atomic mass is 10.0. The van der Waals surface area contributed by atoms with Gasteiger partial charge in [-0.3, -0.25) is 4.79 Å². The number of anilines is 1. The summed E-state index contributed by atoms with van der Waals surface area (Å²) in [5.41, 5.74) is 2.76. The molecular weight excluding hydrogens is 448 g/mol. The number of halogens is 2. The molecule has 0 fully saturated rings. The van der Waals surface area contributed by atoms with Gasteiger partial charge in [0.1, 0.15) is 22.7 Å². The number of nitriles is 1.